The molecule has 114 valence electrons. The molecule has 1 atom stereocenters. The predicted octanol–water partition coefficient (Wildman–Crippen LogP) is 3.49. The van der Waals surface area contributed by atoms with Gasteiger partial charge in [-0.15, -0.1) is 0 Å². The molecule has 0 spiro atoms. The number of rotatable bonds is 4. The summed E-state index contributed by atoms with van der Waals surface area (Å²) in [6.45, 7) is 2.92. The normalized spacial score (nSPS) is 17.8. The minimum atomic E-state index is -0.477. The first-order valence-corrected chi connectivity index (χ1v) is 7.79. The summed E-state index contributed by atoms with van der Waals surface area (Å²) in [5.41, 5.74) is 1.88. The third kappa shape index (κ3) is 3.58. The number of hydrogen-bond donors (Lipinski definition) is 0. The molecular formula is C16H15BCl2O3. The molecule has 1 saturated heterocycles. The molecule has 0 N–H and O–H groups in total. The molecular weight excluding hydrogens is 322 g/mol. The van der Waals surface area contributed by atoms with Crippen molar-refractivity contribution in [2.45, 2.75) is 13.0 Å². The molecule has 3 rings (SSSR count). The van der Waals surface area contributed by atoms with Gasteiger partial charge >= 0.3 is 7.12 Å². The zero-order valence-corrected chi connectivity index (χ0v) is 13.6. The van der Waals surface area contributed by atoms with E-state index in [9.17, 15) is 0 Å². The highest BCUT2D eigenvalue weighted by Crippen LogP contribution is 2.20. The number of halogens is 2. The molecule has 3 nitrogen and oxygen atoms in total. The molecule has 22 heavy (non-hydrogen) atoms. The maximum absolute atomic E-state index is 6.18. The molecule has 0 bridgehead atoms. The van der Waals surface area contributed by atoms with Gasteiger partial charge in [-0.3, -0.25) is 0 Å². The van der Waals surface area contributed by atoms with Crippen LogP contribution in [0.5, 0.6) is 5.75 Å². The third-order valence-corrected chi connectivity index (χ3v) is 4.05. The van der Waals surface area contributed by atoms with Crippen LogP contribution in [-0.4, -0.2) is 26.4 Å². The molecule has 1 unspecified atom stereocenters. The number of hydrogen-bond acceptors (Lipinski definition) is 3. The minimum absolute atomic E-state index is 0.128. The van der Waals surface area contributed by atoms with E-state index < -0.39 is 7.12 Å². The summed E-state index contributed by atoms with van der Waals surface area (Å²) in [6.07, 6.45) is -0.128. The average Bonchev–Trinajstić information content (AvgIpc) is 2.95. The topological polar surface area (TPSA) is 27.7 Å². The van der Waals surface area contributed by atoms with E-state index in [0.717, 1.165) is 16.8 Å². The van der Waals surface area contributed by atoms with Crippen LogP contribution >= 0.6 is 23.2 Å². The smallest absolute Gasteiger partial charge is 0.491 e. The number of ether oxygens (including phenoxy) is 1. The van der Waals surface area contributed by atoms with Crippen molar-refractivity contribution < 1.29 is 14.0 Å². The highest BCUT2D eigenvalue weighted by Gasteiger charge is 2.35. The first-order valence-electron chi connectivity index (χ1n) is 7.04. The Labute approximate surface area is 140 Å². The first-order chi connectivity index (χ1) is 10.6. The van der Waals surface area contributed by atoms with Crippen LogP contribution in [0.1, 0.15) is 5.56 Å². The fraction of sp³-hybridized carbons (Fsp3) is 0.250. The van der Waals surface area contributed by atoms with Crippen LogP contribution in [-0.2, 0) is 9.31 Å². The van der Waals surface area contributed by atoms with Gasteiger partial charge in [-0.2, -0.15) is 0 Å². The van der Waals surface area contributed by atoms with Crippen molar-refractivity contribution in [2.24, 2.45) is 0 Å². The van der Waals surface area contributed by atoms with Gasteiger partial charge in [0, 0.05) is 15.5 Å². The maximum Gasteiger partial charge on any atom is 0.495 e. The van der Waals surface area contributed by atoms with Crippen molar-refractivity contribution in [3.63, 3.8) is 0 Å². The first kappa shape index (κ1) is 15.7. The SMILES string of the molecule is Cc1ccccc1OCC1COB(c2ccc(Cl)cc2Cl)O1. The molecule has 2 aromatic carbocycles. The molecule has 1 heterocycles. The van der Waals surface area contributed by atoms with E-state index in [4.69, 9.17) is 37.2 Å². The van der Waals surface area contributed by atoms with Crippen molar-refractivity contribution in [3.05, 3.63) is 58.1 Å². The second-order valence-electron chi connectivity index (χ2n) is 5.17. The number of aryl methyl sites for hydroxylation is 1. The predicted molar refractivity (Wildman–Crippen MR) is 89.3 cm³/mol. The van der Waals surface area contributed by atoms with Crippen molar-refractivity contribution in [2.75, 3.05) is 13.2 Å². The second-order valence-corrected chi connectivity index (χ2v) is 6.01. The largest absolute Gasteiger partial charge is 0.495 e. The Morgan fingerprint density at radius 3 is 2.82 bits per heavy atom. The van der Waals surface area contributed by atoms with Crippen LogP contribution in [0.25, 0.3) is 0 Å². The van der Waals surface area contributed by atoms with Crippen LogP contribution in [0.4, 0.5) is 0 Å². The Kier molecular flexibility index (Phi) is 4.94. The summed E-state index contributed by atoms with van der Waals surface area (Å²) < 4.78 is 17.3. The standard InChI is InChI=1S/C16H15BCl2O3/c1-11-4-2-3-5-16(11)20-9-13-10-21-17(22-13)14-7-6-12(18)8-15(14)19/h2-8,13H,9-10H2,1H3. The van der Waals surface area contributed by atoms with E-state index >= 15 is 0 Å². The quantitative estimate of drug-likeness (QED) is 0.800. The Morgan fingerprint density at radius 1 is 1.23 bits per heavy atom. The monoisotopic (exact) mass is 336 g/mol. The van der Waals surface area contributed by atoms with Gasteiger partial charge in [-0.25, -0.2) is 0 Å². The van der Waals surface area contributed by atoms with E-state index in [-0.39, 0.29) is 6.10 Å². The van der Waals surface area contributed by atoms with Gasteiger partial charge in [0.1, 0.15) is 12.4 Å². The lowest BCUT2D eigenvalue weighted by Crippen LogP contribution is -2.34. The third-order valence-electron chi connectivity index (χ3n) is 3.48. The van der Waals surface area contributed by atoms with Crippen LogP contribution < -0.4 is 10.2 Å². The van der Waals surface area contributed by atoms with Gasteiger partial charge in [0.25, 0.3) is 0 Å². The van der Waals surface area contributed by atoms with E-state index in [1.165, 1.54) is 0 Å². The van der Waals surface area contributed by atoms with E-state index in [1.807, 2.05) is 37.3 Å². The van der Waals surface area contributed by atoms with Gasteiger partial charge in [0.05, 0.1) is 12.7 Å². The molecule has 1 aliphatic heterocycles. The molecule has 6 heteroatoms. The lowest BCUT2D eigenvalue weighted by atomic mass is 9.79. The highest BCUT2D eigenvalue weighted by atomic mass is 35.5. The zero-order valence-electron chi connectivity index (χ0n) is 12.1. The molecule has 0 aliphatic carbocycles. The molecule has 1 fully saturated rings. The molecule has 2 aromatic rings. The maximum atomic E-state index is 6.18. The van der Waals surface area contributed by atoms with Crippen LogP contribution in [0, 0.1) is 6.92 Å². The van der Waals surface area contributed by atoms with Gasteiger partial charge in [0.15, 0.2) is 0 Å². The van der Waals surface area contributed by atoms with Crippen LogP contribution in [0.2, 0.25) is 10.0 Å². The summed E-state index contributed by atoms with van der Waals surface area (Å²) in [6, 6.07) is 13.2. The summed E-state index contributed by atoms with van der Waals surface area (Å²) in [5, 5.41) is 1.13. The zero-order chi connectivity index (χ0) is 15.5. The molecule has 0 amide bonds. The molecule has 0 saturated carbocycles. The van der Waals surface area contributed by atoms with E-state index in [1.54, 1.807) is 12.1 Å². The fourth-order valence-electron chi connectivity index (χ4n) is 2.29. The average molecular weight is 337 g/mol. The second kappa shape index (κ2) is 6.92. The van der Waals surface area contributed by atoms with Crippen molar-refractivity contribution in [1.29, 1.82) is 0 Å². The van der Waals surface area contributed by atoms with Crippen LogP contribution in [0.15, 0.2) is 42.5 Å². The Bertz CT molecular complexity index is 666. The lowest BCUT2D eigenvalue weighted by molar-refractivity contribution is 0.147. The van der Waals surface area contributed by atoms with Crippen molar-refractivity contribution in [3.8, 4) is 5.75 Å². The molecule has 0 radical (unpaired) electrons. The van der Waals surface area contributed by atoms with E-state index in [2.05, 4.69) is 0 Å². The minimum Gasteiger partial charge on any atom is -0.491 e. The van der Waals surface area contributed by atoms with Gasteiger partial charge in [-0.05, 0) is 30.7 Å². The fourth-order valence-corrected chi connectivity index (χ4v) is 2.79. The van der Waals surface area contributed by atoms with Gasteiger partial charge < -0.3 is 14.0 Å². The van der Waals surface area contributed by atoms with Crippen LogP contribution in [0.3, 0.4) is 0 Å². The molecule has 1 aliphatic rings. The van der Waals surface area contributed by atoms with Crippen molar-refractivity contribution >= 4 is 35.8 Å². The molecule has 0 aromatic heterocycles. The highest BCUT2D eigenvalue weighted by molar-refractivity contribution is 6.65. The number of para-hydroxylation sites is 1. The Balaban J connectivity index is 1.59. The van der Waals surface area contributed by atoms with Crippen molar-refractivity contribution in [1.82, 2.24) is 0 Å². The summed E-state index contributed by atoms with van der Waals surface area (Å²) in [5.74, 6) is 0.860. The Hall–Kier alpha value is -1.20. The van der Waals surface area contributed by atoms with Gasteiger partial charge in [-0.1, -0.05) is 47.5 Å². The Morgan fingerprint density at radius 2 is 2.05 bits per heavy atom. The lowest BCUT2D eigenvalue weighted by Gasteiger charge is -2.13. The van der Waals surface area contributed by atoms with Gasteiger partial charge in [0.2, 0.25) is 0 Å². The number of benzene rings is 2. The summed E-state index contributed by atoms with van der Waals surface area (Å²) in [4.78, 5) is 0. The summed E-state index contributed by atoms with van der Waals surface area (Å²) in [7, 11) is -0.477. The summed E-state index contributed by atoms with van der Waals surface area (Å²) >= 11 is 12.1. The van der Waals surface area contributed by atoms with E-state index in [0.29, 0.717) is 23.3 Å².